The molecule has 1 aliphatic heterocycles. The molecule has 0 N–H and O–H groups in total. The number of hydrogen-bond donors (Lipinski definition) is 0. The van der Waals surface area contributed by atoms with Gasteiger partial charge in [-0.05, 0) is 26.2 Å². The summed E-state index contributed by atoms with van der Waals surface area (Å²) in [6, 6.07) is 0. The van der Waals surface area contributed by atoms with Gasteiger partial charge in [0.25, 0.3) is 0 Å². The van der Waals surface area contributed by atoms with Crippen molar-refractivity contribution < 1.29 is 4.74 Å². The predicted molar refractivity (Wildman–Crippen MR) is 62.9 cm³/mol. The van der Waals surface area contributed by atoms with Gasteiger partial charge in [-0.3, -0.25) is 0 Å². The first-order valence-electron chi connectivity index (χ1n) is 6.01. The zero-order valence-corrected chi connectivity index (χ0v) is 9.91. The molecule has 0 spiro atoms. The molecule has 2 aromatic rings. The van der Waals surface area contributed by atoms with Crippen molar-refractivity contribution in [3.8, 4) is 5.69 Å². The van der Waals surface area contributed by atoms with Gasteiger partial charge >= 0.3 is 0 Å². The van der Waals surface area contributed by atoms with E-state index in [1.165, 1.54) is 6.42 Å². The lowest BCUT2D eigenvalue weighted by atomic mass is 10.2. The lowest BCUT2D eigenvalue weighted by Crippen LogP contribution is -2.18. The Bertz CT molecular complexity index is 496. The van der Waals surface area contributed by atoms with Crippen molar-refractivity contribution in [1.82, 2.24) is 19.3 Å². The van der Waals surface area contributed by atoms with E-state index >= 15 is 0 Å². The van der Waals surface area contributed by atoms with Gasteiger partial charge in [0.1, 0.15) is 12.1 Å². The van der Waals surface area contributed by atoms with E-state index in [0.29, 0.717) is 0 Å². The number of rotatable bonds is 2. The van der Waals surface area contributed by atoms with Crippen molar-refractivity contribution >= 4 is 0 Å². The van der Waals surface area contributed by atoms with E-state index in [9.17, 15) is 0 Å². The highest BCUT2D eigenvalue weighted by atomic mass is 16.5. The number of imidazole rings is 1. The Hall–Kier alpha value is -1.62. The molecule has 1 fully saturated rings. The Labute approximate surface area is 100 Å². The first-order valence-corrected chi connectivity index (χ1v) is 6.01. The summed E-state index contributed by atoms with van der Waals surface area (Å²) in [7, 11) is 0. The summed E-state index contributed by atoms with van der Waals surface area (Å²) in [5, 5.41) is 4.38. The molecule has 90 valence electrons. The van der Waals surface area contributed by atoms with Gasteiger partial charge in [0.15, 0.2) is 0 Å². The molecule has 0 bridgehead atoms. The van der Waals surface area contributed by atoms with Crippen LogP contribution in [0, 0.1) is 6.92 Å². The average molecular weight is 232 g/mol. The Morgan fingerprint density at radius 2 is 2.35 bits per heavy atom. The van der Waals surface area contributed by atoms with E-state index in [0.717, 1.165) is 31.0 Å². The second kappa shape index (κ2) is 4.33. The maximum Gasteiger partial charge on any atom is 0.150 e. The lowest BCUT2D eigenvalue weighted by molar-refractivity contribution is -0.0394. The number of ether oxygens (including phenoxy) is 1. The van der Waals surface area contributed by atoms with Gasteiger partial charge in [-0.15, -0.1) is 0 Å². The molecule has 0 amide bonds. The lowest BCUT2D eigenvalue weighted by Gasteiger charge is -2.22. The van der Waals surface area contributed by atoms with Crippen molar-refractivity contribution in [3.63, 3.8) is 0 Å². The molecule has 0 aliphatic carbocycles. The molecule has 1 aliphatic rings. The van der Waals surface area contributed by atoms with E-state index in [1.807, 2.05) is 34.8 Å². The third kappa shape index (κ3) is 1.98. The Morgan fingerprint density at radius 3 is 3.06 bits per heavy atom. The molecule has 3 rings (SSSR count). The van der Waals surface area contributed by atoms with Crippen LogP contribution in [-0.2, 0) is 4.74 Å². The van der Waals surface area contributed by atoms with Crippen molar-refractivity contribution in [2.24, 2.45) is 0 Å². The van der Waals surface area contributed by atoms with Crippen molar-refractivity contribution in [2.75, 3.05) is 6.61 Å². The first-order chi connectivity index (χ1) is 8.34. The van der Waals surface area contributed by atoms with Crippen LogP contribution in [0.5, 0.6) is 0 Å². The summed E-state index contributed by atoms with van der Waals surface area (Å²) in [6.07, 6.45) is 11.1. The maximum absolute atomic E-state index is 5.70. The second-order valence-corrected chi connectivity index (χ2v) is 4.34. The molecule has 5 heteroatoms. The van der Waals surface area contributed by atoms with E-state index in [4.69, 9.17) is 4.74 Å². The highest BCUT2D eigenvalue weighted by Crippen LogP contribution is 2.22. The van der Waals surface area contributed by atoms with E-state index < -0.39 is 0 Å². The molecule has 1 atom stereocenters. The molecule has 0 radical (unpaired) electrons. The first kappa shape index (κ1) is 10.5. The van der Waals surface area contributed by atoms with E-state index in [2.05, 4.69) is 10.1 Å². The normalized spacial score (nSPS) is 20.6. The molecule has 5 nitrogen and oxygen atoms in total. The number of nitrogens with zero attached hydrogens (tertiary/aromatic N) is 4. The molecule has 0 aromatic carbocycles. The van der Waals surface area contributed by atoms with E-state index in [-0.39, 0.29) is 6.23 Å². The van der Waals surface area contributed by atoms with Crippen LogP contribution in [0.25, 0.3) is 5.69 Å². The number of aromatic nitrogens is 4. The Morgan fingerprint density at radius 1 is 1.41 bits per heavy atom. The van der Waals surface area contributed by atoms with Gasteiger partial charge in [-0.1, -0.05) is 0 Å². The minimum Gasteiger partial charge on any atom is -0.357 e. The summed E-state index contributed by atoms with van der Waals surface area (Å²) in [4.78, 5) is 4.21. The molecule has 0 saturated carbocycles. The molecular weight excluding hydrogens is 216 g/mol. The highest BCUT2D eigenvalue weighted by Gasteiger charge is 2.16. The maximum atomic E-state index is 5.70. The van der Waals surface area contributed by atoms with Gasteiger partial charge in [0.2, 0.25) is 0 Å². The van der Waals surface area contributed by atoms with Crippen LogP contribution in [0.2, 0.25) is 0 Å². The molecule has 1 unspecified atom stereocenters. The zero-order chi connectivity index (χ0) is 11.7. The zero-order valence-electron chi connectivity index (χ0n) is 9.91. The van der Waals surface area contributed by atoms with Crippen molar-refractivity contribution in [1.29, 1.82) is 0 Å². The summed E-state index contributed by atoms with van der Waals surface area (Å²) >= 11 is 0. The van der Waals surface area contributed by atoms with E-state index in [1.54, 1.807) is 6.20 Å². The summed E-state index contributed by atoms with van der Waals surface area (Å²) in [5.74, 6) is 0.967. The Kier molecular flexibility index (Phi) is 2.68. The van der Waals surface area contributed by atoms with Crippen molar-refractivity contribution in [2.45, 2.75) is 32.4 Å². The fourth-order valence-electron chi connectivity index (χ4n) is 2.19. The third-order valence-corrected chi connectivity index (χ3v) is 3.14. The van der Waals surface area contributed by atoms with Gasteiger partial charge in [-0.25, -0.2) is 9.67 Å². The summed E-state index contributed by atoms with van der Waals surface area (Å²) < 4.78 is 9.63. The molecule has 3 heterocycles. The number of aryl methyl sites for hydroxylation is 1. The fraction of sp³-hybridized carbons (Fsp3) is 0.500. The van der Waals surface area contributed by atoms with Gasteiger partial charge in [0.05, 0.1) is 18.1 Å². The van der Waals surface area contributed by atoms with Crippen molar-refractivity contribution in [3.05, 3.63) is 30.6 Å². The summed E-state index contributed by atoms with van der Waals surface area (Å²) in [6.45, 7) is 2.82. The van der Waals surface area contributed by atoms with Gasteiger partial charge in [-0.2, -0.15) is 5.10 Å². The number of hydrogen-bond acceptors (Lipinski definition) is 3. The van der Waals surface area contributed by atoms with Gasteiger partial charge < -0.3 is 9.30 Å². The smallest absolute Gasteiger partial charge is 0.150 e. The largest absolute Gasteiger partial charge is 0.357 e. The average Bonchev–Trinajstić information content (AvgIpc) is 2.98. The molecule has 1 saturated heterocycles. The SMILES string of the molecule is Cc1nccn1-c1cnn(C2CCCCO2)c1. The monoisotopic (exact) mass is 232 g/mol. The van der Waals surface area contributed by atoms with Crippen LogP contribution in [0.15, 0.2) is 24.8 Å². The molecular formula is C12H16N4O. The van der Waals surface area contributed by atoms with Gasteiger partial charge in [0, 0.05) is 19.0 Å². The van der Waals surface area contributed by atoms with Crippen LogP contribution < -0.4 is 0 Å². The minimum atomic E-state index is 0.0985. The van der Waals surface area contributed by atoms with Crippen LogP contribution in [-0.4, -0.2) is 25.9 Å². The fourth-order valence-corrected chi connectivity index (χ4v) is 2.19. The highest BCUT2D eigenvalue weighted by molar-refractivity contribution is 5.27. The van der Waals surface area contributed by atoms with Crippen LogP contribution in [0.3, 0.4) is 0 Å². The van der Waals surface area contributed by atoms with Crippen LogP contribution >= 0.6 is 0 Å². The quantitative estimate of drug-likeness (QED) is 0.796. The minimum absolute atomic E-state index is 0.0985. The topological polar surface area (TPSA) is 44.9 Å². The Balaban J connectivity index is 1.85. The predicted octanol–water partition coefficient (Wildman–Crippen LogP) is 2.08. The summed E-state index contributed by atoms with van der Waals surface area (Å²) in [5.41, 5.74) is 1.04. The molecule has 17 heavy (non-hydrogen) atoms. The standard InChI is InChI=1S/C12H16N4O/c1-10-13-5-6-15(10)11-8-14-16(9-11)12-4-2-3-7-17-12/h5-6,8-9,12H,2-4,7H2,1H3. The second-order valence-electron chi connectivity index (χ2n) is 4.34. The van der Waals surface area contributed by atoms with Crippen LogP contribution in [0.1, 0.15) is 31.3 Å². The third-order valence-electron chi connectivity index (χ3n) is 3.14. The van der Waals surface area contributed by atoms with Crippen LogP contribution in [0.4, 0.5) is 0 Å². The molecule has 2 aromatic heterocycles.